The van der Waals surface area contributed by atoms with E-state index in [0.717, 1.165) is 11.3 Å². The van der Waals surface area contributed by atoms with Gasteiger partial charge in [-0.2, -0.15) is 0 Å². The Balaban J connectivity index is 1.53. The zero-order chi connectivity index (χ0) is 22.5. The van der Waals surface area contributed by atoms with E-state index in [1.165, 1.54) is 11.8 Å². The molecule has 0 atom stereocenters. The Morgan fingerprint density at radius 2 is 1.62 bits per heavy atom. The number of primary amides is 1. The van der Waals surface area contributed by atoms with E-state index in [0.29, 0.717) is 27.3 Å². The Labute approximate surface area is 193 Å². The number of amides is 2. The highest BCUT2D eigenvalue weighted by Crippen LogP contribution is 2.28. The van der Waals surface area contributed by atoms with Crippen LogP contribution in [-0.2, 0) is 4.79 Å². The summed E-state index contributed by atoms with van der Waals surface area (Å²) in [7, 11) is 0. The van der Waals surface area contributed by atoms with Gasteiger partial charge in [0.05, 0.1) is 5.75 Å². The highest BCUT2D eigenvalue weighted by molar-refractivity contribution is 7.99. The summed E-state index contributed by atoms with van der Waals surface area (Å²) < 4.78 is 1.91. The first-order chi connectivity index (χ1) is 15.5. The molecule has 4 aromatic rings. The van der Waals surface area contributed by atoms with Gasteiger partial charge in [0.25, 0.3) is 0 Å². The lowest BCUT2D eigenvalue weighted by Gasteiger charge is -2.10. The zero-order valence-electron chi connectivity index (χ0n) is 16.7. The first kappa shape index (κ1) is 21.6. The lowest BCUT2D eigenvalue weighted by Crippen LogP contribution is -2.15. The lowest BCUT2D eigenvalue weighted by atomic mass is 10.2. The first-order valence-corrected chi connectivity index (χ1v) is 11.0. The molecule has 0 saturated carbocycles. The Bertz CT molecular complexity index is 1240. The average molecular weight is 464 g/mol. The van der Waals surface area contributed by atoms with Gasteiger partial charge in [-0.15, -0.1) is 10.2 Å². The van der Waals surface area contributed by atoms with Gasteiger partial charge >= 0.3 is 0 Å². The molecule has 4 rings (SSSR count). The Kier molecular flexibility index (Phi) is 6.53. The molecule has 0 saturated heterocycles. The molecular weight excluding hydrogens is 446 g/mol. The van der Waals surface area contributed by atoms with Crippen molar-refractivity contribution in [2.45, 2.75) is 5.16 Å². The molecule has 0 aliphatic rings. The van der Waals surface area contributed by atoms with Crippen molar-refractivity contribution in [1.29, 1.82) is 0 Å². The van der Waals surface area contributed by atoms with E-state index in [-0.39, 0.29) is 11.7 Å². The quantitative estimate of drug-likeness (QED) is 0.395. The summed E-state index contributed by atoms with van der Waals surface area (Å²) in [6.45, 7) is 0. The van der Waals surface area contributed by atoms with E-state index in [2.05, 4.69) is 15.5 Å². The standard InChI is InChI=1S/C23H18ClN5O2S/c24-17-10-6-16(7-11-17)22-27-28-23(29(22)19-4-2-1-3-5-19)32-14-20(30)26-18-12-8-15(9-13-18)21(25)31/h1-13H,14H2,(H2,25,31)(H,26,30). The number of carbonyl (C=O) groups excluding carboxylic acids is 2. The molecule has 0 fully saturated rings. The van der Waals surface area contributed by atoms with Crippen LogP contribution in [0, 0.1) is 0 Å². The normalized spacial score (nSPS) is 10.7. The number of hydrogen-bond acceptors (Lipinski definition) is 5. The zero-order valence-corrected chi connectivity index (χ0v) is 18.3. The Hall–Kier alpha value is -3.62. The molecule has 3 N–H and O–H groups in total. The van der Waals surface area contributed by atoms with Gasteiger partial charge in [0, 0.05) is 27.5 Å². The number of benzene rings is 3. The molecule has 1 heterocycles. The van der Waals surface area contributed by atoms with Crippen LogP contribution in [0.25, 0.3) is 17.1 Å². The number of nitrogens with one attached hydrogen (secondary N) is 1. The molecule has 0 unspecified atom stereocenters. The smallest absolute Gasteiger partial charge is 0.248 e. The topological polar surface area (TPSA) is 103 Å². The summed E-state index contributed by atoms with van der Waals surface area (Å²) in [5, 5.41) is 12.7. The van der Waals surface area contributed by atoms with Crippen LogP contribution in [0.4, 0.5) is 5.69 Å². The van der Waals surface area contributed by atoms with Crippen molar-refractivity contribution < 1.29 is 9.59 Å². The van der Waals surface area contributed by atoms with Crippen molar-refractivity contribution in [3.8, 4) is 17.1 Å². The molecule has 2 amide bonds. The monoisotopic (exact) mass is 463 g/mol. The fourth-order valence-corrected chi connectivity index (χ4v) is 3.88. The number of nitrogens with zero attached hydrogens (tertiary/aromatic N) is 3. The highest BCUT2D eigenvalue weighted by atomic mass is 35.5. The largest absolute Gasteiger partial charge is 0.366 e. The number of halogens is 1. The van der Waals surface area contributed by atoms with Gasteiger partial charge in [-0.3, -0.25) is 14.2 Å². The molecule has 0 aliphatic carbocycles. The molecular formula is C23H18ClN5O2S. The van der Waals surface area contributed by atoms with Crippen LogP contribution >= 0.6 is 23.4 Å². The van der Waals surface area contributed by atoms with E-state index in [4.69, 9.17) is 17.3 Å². The van der Waals surface area contributed by atoms with Crippen molar-refractivity contribution in [3.05, 3.63) is 89.4 Å². The van der Waals surface area contributed by atoms with Crippen LogP contribution in [0.2, 0.25) is 5.02 Å². The molecule has 32 heavy (non-hydrogen) atoms. The predicted octanol–water partition coefficient (Wildman–Crippen LogP) is 4.42. The van der Waals surface area contributed by atoms with Gasteiger partial charge in [-0.05, 0) is 60.7 Å². The minimum absolute atomic E-state index is 0.128. The summed E-state index contributed by atoms with van der Waals surface area (Å²) >= 11 is 7.30. The van der Waals surface area contributed by atoms with Crippen molar-refractivity contribution in [3.63, 3.8) is 0 Å². The van der Waals surface area contributed by atoms with Gasteiger partial charge in [0.15, 0.2) is 11.0 Å². The molecule has 3 aromatic carbocycles. The summed E-state index contributed by atoms with van der Waals surface area (Å²) in [6.07, 6.45) is 0. The van der Waals surface area contributed by atoms with E-state index in [1.54, 1.807) is 36.4 Å². The van der Waals surface area contributed by atoms with E-state index in [9.17, 15) is 9.59 Å². The fourth-order valence-electron chi connectivity index (χ4n) is 3.00. The number of nitrogens with two attached hydrogens (primary N) is 1. The van der Waals surface area contributed by atoms with Gasteiger partial charge in [0.2, 0.25) is 11.8 Å². The summed E-state index contributed by atoms with van der Waals surface area (Å²) in [6, 6.07) is 23.4. The van der Waals surface area contributed by atoms with Crippen molar-refractivity contribution in [2.24, 2.45) is 5.73 Å². The Morgan fingerprint density at radius 1 is 0.938 bits per heavy atom. The number of rotatable bonds is 7. The third-order valence-electron chi connectivity index (χ3n) is 4.54. The molecule has 0 spiro atoms. The van der Waals surface area contributed by atoms with Crippen LogP contribution in [0.3, 0.4) is 0 Å². The maximum absolute atomic E-state index is 12.5. The van der Waals surface area contributed by atoms with Crippen molar-refractivity contribution in [1.82, 2.24) is 14.8 Å². The number of aromatic nitrogens is 3. The minimum atomic E-state index is -0.518. The SMILES string of the molecule is NC(=O)c1ccc(NC(=O)CSc2nnc(-c3ccc(Cl)cc3)n2-c2ccccc2)cc1. The number of carbonyl (C=O) groups is 2. The fraction of sp³-hybridized carbons (Fsp3) is 0.0435. The third kappa shape index (κ3) is 4.99. The van der Waals surface area contributed by atoms with Crippen LogP contribution in [0.1, 0.15) is 10.4 Å². The summed E-state index contributed by atoms with van der Waals surface area (Å²) in [5.41, 5.74) is 7.93. The average Bonchev–Trinajstić information content (AvgIpc) is 3.23. The lowest BCUT2D eigenvalue weighted by molar-refractivity contribution is -0.113. The second-order valence-corrected chi connectivity index (χ2v) is 8.14. The Morgan fingerprint density at radius 3 is 2.28 bits per heavy atom. The highest BCUT2D eigenvalue weighted by Gasteiger charge is 2.17. The van der Waals surface area contributed by atoms with Crippen LogP contribution in [-0.4, -0.2) is 32.3 Å². The minimum Gasteiger partial charge on any atom is -0.366 e. The van der Waals surface area contributed by atoms with Crippen LogP contribution < -0.4 is 11.1 Å². The van der Waals surface area contributed by atoms with Crippen molar-refractivity contribution >= 4 is 40.9 Å². The van der Waals surface area contributed by atoms with Crippen LogP contribution in [0.5, 0.6) is 0 Å². The number of para-hydroxylation sites is 1. The molecule has 0 radical (unpaired) electrons. The second-order valence-electron chi connectivity index (χ2n) is 6.76. The summed E-state index contributed by atoms with van der Waals surface area (Å²) in [5.74, 6) is 0.0499. The number of hydrogen-bond donors (Lipinski definition) is 2. The summed E-state index contributed by atoms with van der Waals surface area (Å²) in [4.78, 5) is 23.6. The van der Waals surface area contributed by atoms with Crippen molar-refractivity contribution in [2.75, 3.05) is 11.1 Å². The van der Waals surface area contributed by atoms with E-state index in [1.807, 2.05) is 47.0 Å². The van der Waals surface area contributed by atoms with E-state index < -0.39 is 5.91 Å². The van der Waals surface area contributed by atoms with Gasteiger partial charge < -0.3 is 11.1 Å². The van der Waals surface area contributed by atoms with Gasteiger partial charge in [-0.1, -0.05) is 41.6 Å². The van der Waals surface area contributed by atoms with Gasteiger partial charge in [0.1, 0.15) is 0 Å². The van der Waals surface area contributed by atoms with E-state index >= 15 is 0 Å². The molecule has 0 aliphatic heterocycles. The third-order valence-corrected chi connectivity index (χ3v) is 5.72. The molecule has 1 aromatic heterocycles. The first-order valence-electron chi connectivity index (χ1n) is 9.60. The second kappa shape index (κ2) is 9.67. The maximum Gasteiger partial charge on any atom is 0.248 e. The molecule has 9 heteroatoms. The maximum atomic E-state index is 12.5. The molecule has 0 bridgehead atoms. The predicted molar refractivity (Wildman–Crippen MR) is 126 cm³/mol. The number of thioether (sulfide) groups is 1. The molecule has 7 nitrogen and oxygen atoms in total. The van der Waals surface area contributed by atoms with Gasteiger partial charge in [-0.25, -0.2) is 0 Å². The van der Waals surface area contributed by atoms with Crippen LogP contribution in [0.15, 0.2) is 84.0 Å². The molecule has 160 valence electrons. The number of anilines is 1.